The standard InChI is InChI=1S/C14H30N2O2/c1-11(2)10-18-9-7-8-16-12(17)13(3,4)14(5,6)15/h11H,7-10,15H2,1-6H3,(H,16,17). The van der Waals surface area contributed by atoms with Gasteiger partial charge in [-0.05, 0) is 40.0 Å². The average molecular weight is 258 g/mol. The highest BCUT2D eigenvalue weighted by Crippen LogP contribution is 2.28. The fourth-order valence-corrected chi connectivity index (χ4v) is 1.21. The summed E-state index contributed by atoms with van der Waals surface area (Å²) in [6, 6.07) is 0. The Kier molecular flexibility index (Phi) is 6.86. The van der Waals surface area contributed by atoms with Gasteiger partial charge < -0.3 is 15.8 Å². The molecule has 1 amide bonds. The van der Waals surface area contributed by atoms with Crippen molar-refractivity contribution < 1.29 is 9.53 Å². The van der Waals surface area contributed by atoms with E-state index in [-0.39, 0.29) is 5.91 Å². The molecule has 0 aromatic rings. The number of carbonyl (C=O) groups is 1. The maximum Gasteiger partial charge on any atom is 0.227 e. The lowest BCUT2D eigenvalue weighted by Gasteiger charge is -2.36. The van der Waals surface area contributed by atoms with Crippen LogP contribution in [0, 0.1) is 11.3 Å². The molecule has 0 aliphatic heterocycles. The summed E-state index contributed by atoms with van der Waals surface area (Å²) in [5.41, 5.74) is 4.90. The lowest BCUT2D eigenvalue weighted by Crippen LogP contribution is -2.55. The first-order chi connectivity index (χ1) is 8.09. The third kappa shape index (κ3) is 5.83. The highest BCUT2D eigenvalue weighted by molar-refractivity contribution is 5.83. The molecule has 0 spiro atoms. The van der Waals surface area contributed by atoms with Crippen molar-refractivity contribution >= 4 is 5.91 Å². The minimum atomic E-state index is -0.578. The van der Waals surface area contributed by atoms with Gasteiger partial charge in [0.25, 0.3) is 0 Å². The largest absolute Gasteiger partial charge is 0.381 e. The molecule has 0 saturated carbocycles. The van der Waals surface area contributed by atoms with Crippen molar-refractivity contribution in [3.63, 3.8) is 0 Å². The summed E-state index contributed by atoms with van der Waals surface area (Å²) < 4.78 is 5.45. The molecule has 0 fully saturated rings. The second-order valence-electron chi connectivity index (χ2n) is 6.42. The van der Waals surface area contributed by atoms with Gasteiger partial charge in [0.15, 0.2) is 0 Å². The molecule has 0 saturated heterocycles. The lowest BCUT2D eigenvalue weighted by atomic mass is 9.74. The molecule has 3 N–H and O–H groups in total. The molecule has 0 heterocycles. The van der Waals surface area contributed by atoms with Gasteiger partial charge in [0.05, 0.1) is 5.41 Å². The average Bonchev–Trinajstić information content (AvgIpc) is 2.20. The summed E-state index contributed by atoms with van der Waals surface area (Å²) in [5.74, 6) is 0.551. The number of nitrogens with two attached hydrogens (primary N) is 1. The van der Waals surface area contributed by atoms with Crippen LogP contribution in [0.5, 0.6) is 0 Å². The Morgan fingerprint density at radius 3 is 2.28 bits per heavy atom. The summed E-state index contributed by atoms with van der Waals surface area (Å²) in [7, 11) is 0. The molecule has 0 atom stereocenters. The molecule has 0 aliphatic carbocycles. The summed E-state index contributed by atoms with van der Waals surface area (Å²) in [4.78, 5) is 12.0. The van der Waals surface area contributed by atoms with Gasteiger partial charge >= 0.3 is 0 Å². The van der Waals surface area contributed by atoms with Crippen LogP contribution in [-0.4, -0.2) is 31.2 Å². The highest BCUT2D eigenvalue weighted by Gasteiger charge is 2.39. The van der Waals surface area contributed by atoms with Crippen molar-refractivity contribution in [3.8, 4) is 0 Å². The molecule has 4 heteroatoms. The predicted octanol–water partition coefficient (Wildman–Crippen LogP) is 1.93. The number of hydrogen-bond donors (Lipinski definition) is 2. The van der Waals surface area contributed by atoms with Gasteiger partial charge in [-0.25, -0.2) is 0 Å². The van der Waals surface area contributed by atoms with Crippen LogP contribution in [0.2, 0.25) is 0 Å². The molecule has 0 unspecified atom stereocenters. The Morgan fingerprint density at radius 2 is 1.83 bits per heavy atom. The maximum absolute atomic E-state index is 12.0. The van der Waals surface area contributed by atoms with Crippen LogP contribution >= 0.6 is 0 Å². The highest BCUT2D eigenvalue weighted by atomic mass is 16.5. The van der Waals surface area contributed by atoms with Crippen LogP contribution in [0.15, 0.2) is 0 Å². The predicted molar refractivity (Wildman–Crippen MR) is 75.3 cm³/mol. The summed E-state index contributed by atoms with van der Waals surface area (Å²) in [6.07, 6.45) is 0.833. The number of rotatable bonds is 8. The van der Waals surface area contributed by atoms with Crippen LogP contribution in [0.3, 0.4) is 0 Å². The van der Waals surface area contributed by atoms with Gasteiger partial charge in [-0.2, -0.15) is 0 Å². The third-order valence-corrected chi connectivity index (χ3v) is 3.38. The fraction of sp³-hybridized carbons (Fsp3) is 0.929. The van der Waals surface area contributed by atoms with Crippen molar-refractivity contribution in [2.45, 2.75) is 53.5 Å². The smallest absolute Gasteiger partial charge is 0.227 e. The van der Waals surface area contributed by atoms with E-state index in [4.69, 9.17) is 10.5 Å². The molecule has 0 radical (unpaired) electrons. The molecule has 0 bridgehead atoms. The van der Waals surface area contributed by atoms with Gasteiger partial charge in [0.1, 0.15) is 0 Å². The van der Waals surface area contributed by atoms with E-state index in [0.717, 1.165) is 13.0 Å². The monoisotopic (exact) mass is 258 g/mol. The van der Waals surface area contributed by atoms with E-state index in [1.165, 1.54) is 0 Å². The van der Waals surface area contributed by atoms with Crippen molar-refractivity contribution in [2.75, 3.05) is 19.8 Å². The van der Waals surface area contributed by atoms with Gasteiger partial charge in [-0.15, -0.1) is 0 Å². The molecule has 18 heavy (non-hydrogen) atoms. The van der Waals surface area contributed by atoms with E-state index in [0.29, 0.717) is 19.1 Å². The van der Waals surface area contributed by atoms with Crippen LogP contribution in [0.25, 0.3) is 0 Å². The van der Waals surface area contributed by atoms with Gasteiger partial charge in [-0.3, -0.25) is 4.79 Å². The van der Waals surface area contributed by atoms with Gasteiger partial charge in [-0.1, -0.05) is 13.8 Å². The number of carbonyl (C=O) groups excluding carboxylic acids is 1. The Labute approximate surface area is 112 Å². The maximum atomic E-state index is 12.0. The first-order valence-corrected chi connectivity index (χ1v) is 6.74. The quantitative estimate of drug-likeness (QED) is 0.654. The molecule has 4 nitrogen and oxygen atoms in total. The minimum Gasteiger partial charge on any atom is -0.381 e. The van der Waals surface area contributed by atoms with E-state index >= 15 is 0 Å². The first-order valence-electron chi connectivity index (χ1n) is 6.74. The van der Waals surface area contributed by atoms with Gasteiger partial charge in [0.2, 0.25) is 5.91 Å². The minimum absolute atomic E-state index is 0.00106. The number of nitrogens with one attached hydrogen (secondary N) is 1. The number of amides is 1. The first kappa shape index (κ1) is 17.4. The second-order valence-corrected chi connectivity index (χ2v) is 6.42. The molecule has 0 aromatic carbocycles. The molecular formula is C14H30N2O2. The van der Waals surface area contributed by atoms with Crippen LogP contribution in [0.1, 0.15) is 48.0 Å². The van der Waals surface area contributed by atoms with Crippen LogP contribution in [-0.2, 0) is 9.53 Å². The second kappa shape index (κ2) is 7.10. The van der Waals surface area contributed by atoms with E-state index in [9.17, 15) is 4.79 Å². The van der Waals surface area contributed by atoms with Crippen molar-refractivity contribution in [1.82, 2.24) is 5.32 Å². The summed E-state index contributed by atoms with van der Waals surface area (Å²) >= 11 is 0. The fourth-order valence-electron chi connectivity index (χ4n) is 1.21. The molecule has 0 aromatic heterocycles. The zero-order chi connectivity index (χ0) is 14.4. The van der Waals surface area contributed by atoms with Crippen molar-refractivity contribution in [2.24, 2.45) is 17.1 Å². The Balaban J connectivity index is 3.85. The summed E-state index contributed by atoms with van der Waals surface area (Å²) in [6.45, 7) is 13.8. The van der Waals surface area contributed by atoms with Crippen LogP contribution < -0.4 is 11.1 Å². The van der Waals surface area contributed by atoms with E-state index in [2.05, 4.69) is 19.2 Å². The topological polar surface area (TPSA) is 64.3 Å². The summed E-state index contributed by atoms with van der Waals surface area (Å²) in [5, 5.41) is 2.92. The SMILES string of the molecule is CC(C)COCCCNC(=O)C(C)(C)C(C)(C)N. The molecule has 108 valence electrons. The van der Waals surface area contributed by atoms with E-state index in [1.807, 2.05) is 27.7 Å². The van der Waals surface area contributed by atoms with Crippen molar-refractivity contribution in [1.29, 1.82) is 0 Å². The van der Waals surface area contributed by atoms with Crippen LogP contribution in [0.4, 0.5) is 0 Å². The molecular weight excluding hydrogens is 228 g/mol. The van der Waals surface area contributed by atoms with E-state index < -0.39 is 11.0 Å². The molecule has 0 aliphatic rings. The normalized spacial score (nSPS) is 12.9. The Hall–Kier alpha value is -0.610. The zero-order valence-corrected chi connectivity index (χ0v) is 12.8. The zero-order valence-electron chi connectivity index (χ0n) is 12.8. The number of ether oxygens (including phenoxy) is 1. The lowest BCUT2D eigenvalue weighted by molar-refractivity contribution is -0.132. The van der Waals surface area contributed by atoms with Gasteiger partial charge in [0, 0.05) is 25.3 Å². The third-order valence-electron chi connectivity index (χ3n) is 3.38. The Bertz CT molecular complexity index is 255. The van der Waals surface area contributed by atoms with Crippen molar-refractivity contribution in [3.05, 3.63) is 0 Å². The van der Waals surface area contributed by atoms with E-state index in [1.54, 1.807) is 0 Å². The Morgan fingerprint density at radius 1 is 1.28 bits per heavy atom. The molecule has 0 rings (SSSR count). The number of hydrogen-bond acceptors (Lipinski definition) is 3.